The molecule has 0 aliphatic carbocycles. The van der Waals surface area contributed by atoms with Crippen molar-refractivity contribution in [3.8, 4) is 5.75 Å². The van der Waals surface area contributed by atoms with E-state index < -0.39 is 90.4 Å². The summed E-state index contributed by atoms with van der Waals surface area (Å²) in [7, 11) is 0. The highest BCUT2D eigenvalue weighted by atomic mass is 19.4. The number of unbranched alkanes of at least 4 members (excludes halogenated alkanes) is 1. The van der Waals surface area contributed by atoms with E-state index in [-0.39, 0.29) is 38.1 Å². The van der Waals surface area contributed by atoms with Crippen molar-refractivity contribution in [2.45, 2.75) is 81.5 Å². The van der Waals surface area contributed by atoms with Gasteiger partial charge in [0.2, 0.25) is 35.4 Å². The first-order chi connectivity index (χ1) is 28.9. The number of amides is 6. The molecule has 2 aromatic rings. The van der Waals surface area contributed by atoms with Crippen molar-refractivity contribution < 1.29 is 80.0 Å². The van der Waals surface area contributed by atoms with Crippen LogP contribution in [0.3, 0.4) is 0 Å². The van der Waals surface area contributed by atoms with Crippen molar-refractivity contribution in [3.05, 3.63) is 65.7 Å². The minimum absolute atomic E-state index is 0.0494. The monoisotopic (exact) mass is 894 g/mol. The van der Waals surface area contributed by atoms with Crippen LogP contribution >= 0.6 is 0 Å². The summed E-state index contributed by atoms with van der Waals surface area (Å²) in [5.74, 6) is -9.03. The van der Waals surface area contributed by atoms with Gasteiger partial charge in [-0.15, -0.1) is 0 Å². The fourth-order valence-electron chi connectivity index (χ4n) is 5.46. The van der Waals surface area contributed by atoms with Crippen LogP contribution in [0.25, 0.3) is 0 Å². The van der Waals surface area contributed by atoms with Crippen LogP contribution < -0.4 is 38.5 Å². The molecule has 1 aliphatic rings. The number of rotatable bonds is 18. The fraction of sp³-hybridized carbons (Fsp3) is 0.459. The molecule has 0 aromatic heterocycles. The number of carbonyl (C=O) groups is 8. The standard InChI is InChI=1S/C33H46N8O7.2C2HF3O2/c34-15-5-4-9-24(31(46)40-25(30(36)45)17-21-7-2-1-3-8-21)38-29(44)20-37-32(47)27-10-6-16-41(27)33(48)26(39-28(43)19-35)18-22-11-13-23(42)14-12-22;2*3-2(4,5)1(6)7/h1-3,7-8,11-14,24-27,42H,4-6,9-10,15-20,34-35H2,(H2,36,45)(H,37,47)(H,38,44)(H,39,43)(H,40,46);2*(H,6,7). The van der Waals surface area contributed by atoms with Gasteiger partial charge in [-0.3, -0.25) is 28.8 Å². The number of aliphatic carboxylic acids is 2. The molecule has 6 amide bonds. The fourth-order valence-corrected chi connectivity index (χ4v) is 5.46. The molecule has 0 saturated carbocycles. The van der Waals surface area contributed by atoms with Gasteiger partial charge in [-0.2, -0.15) is 26.3 Å². The third-order valence-electron chi connectivity index (χ3n) is 8.48. The van der Waals surface area contributed by atoms with E-state index in [1.807, 2.05) is 6.07 Å². The molecule has 1 heterocycles. The summed E-state index contributed by atoms with van der Waals surface area (Å²) in [6, 6.07) is 11.3. The van der Waals surface area contributed by atoms with E-state index >= 15 is 0 Å². The maximum Gasteiger partial charge on any atom is 0.490 e. The molecule has 13 N–H and O–H groups in total. The number of carboxylic acid groups (broad SMARTS) is 2. The second kappa shape index (κ2) is 26.0. The Morgan fingerprint density at radius 2 is 1.24 bits per heavy atom. The van der Waals surface area contributed by atoms with Crippen LogP contribution in [-0.2, 0) is 51.2 Å². The summed E-state index contributed by atoms with van der Waals surface area (Å²) in [4.78, 5) is 96.4. The third kappa shape index (κ3) is 20.2. The average Bonchev–Trinajstić information content (AvgIpc) is 3.70. The van der Waals surface area contributed by atoms with Crippen LogP contribution in [-0.4, -0.2) is 130 Å². The number of nitrogens with one attached hydrogen (secondary N) is 4. The highest BCUT2D eigenvalue weighted by Crippen LogP contribution is 2.21. The lowest BCUT2D eigenvalue weighted by Gasteiger charge is -2.29. The Kier molecular flexibility index (Phi) is 22.4. The Bertz CT molecular complexity index is 1800. The Morgan fingerprint density at radius 1 is 0.726 bits per heavy atom. The van der Waals surface area contributed by atoms with Gasteiger partial charge in [0.25, 0.3) is 0 Å². The first kappa shape index (κ1) is 53.5. The van der Waals surface area contributed by atoms with E-state index in [0.29, 0.717) is 37.8 Å². The van der Waals surface area contributed by atoms with Crippen LogP contribution in [0, 0.1) is 0 Å². The van der Waals surface area contributed by atoms with Gasteiger partial charge in [-0.1, -0.05) is 42.5 Å². The second-order valence-electron chi connectivity index (χ2n) is 13.3. The van der Waals surface area contributed by atoms with Crippen LogP contribution in [0.5, 0.6) is 5.75 Å². The zero-order chi connectivity index (χ0) is 47.2. The summed E-state index contributed by atoms with van der Waals surface area (Å²) in [5.41, 5.74) is 18.1. The molecule has 4 unspecified atom stereocenters. The molecular weight excluding hydrogens is 846 g/mol. The van der Waals surface area contributed by atoms with Gasteiger partial charge in [0.1, 0.15) is 29.9 Å². The first-order valence-electron chi connectivity index (χ1n) is 18.5. The van der Waals surface area contributed by atoms with E-state index in [4.69, 9.17) is 37.0 Å². The van der Waals surface area contributed by atoms with Gasteiger partial charge in [0.15, 0.2) is 0 Å². The molecule has 0 bridgehead atoms. The quantitative estimate of drug-likeness (QED) is 0.0673. The lowest BCUT2D eigenvalue weighted by Crippen LogP contribution is -2.56. The number of primary amides is 1. The topological polar surface area (TPSA) is 327 Å². The van der Waals surface area contributed by atoms with Gasteiger partial charge < -0.3 is 58.7 Å². The molecule has 2 aromatic carbocycles. The molecule has 0 spiro atoms. The van der Waals surface area contributed by atoms with Crippen molar-refractivity contribution in [2.24, 2.45) is 17.2 Å². The largest absolute Gasteiger partial charge is 0.508 e. The zero-order valence-corrected chi connectivity index (χ0v) is 32.8. The number of likely N-dealkylation sites (tertiary alicyclic amines) is 1. The van der Waals surface area contributed by atoms with E-state index in [1.165, 1.54) is 17.0 Å². The van der Waals surface area contributed by atoms with Gasteiger partial charge in [0.05, 0.1) is 13.1 Å². The van der Waals surface area contributed by atoms with Gasteiger partial charge in [-0.05, 0) is 61.9 Å². The molecule has 0 radical (unpaired) electrons. The molecule has 62 heavy (non-hydrogen) atoms. The number of nitrogens with zero attached hydrogens (tertiary/aromatic N) is 1. The van der Waals surface area contributed by atoms with Gasteiger partial charge in [0, 0.05) is 19.4 Å². The van der Waals surface area contributed by atoms with Crippen molar-refractivity contribution in [3.63, 3.8) is 0 Å². The Labute approximate surface area is 349 Å². The number of hydrogen-bond acceptors (Lipinski definition) is 11. The van der Waals surface area contributed by atoms with Crippen molar-refractivity contribution in [2.75, 3.05) is 26.2 Å². The van der Waals surface area contributed by atoms with E-state index in [9.17, 15) is 60.2 Å². The normalized spacial score (nSPS) is 14.8. The summed E-state index contributed by atoms with van der Waals surface area (Å²) in [6.45, 7) is -0.151. The van der Waals surface area contributed by atoms with Crippen LogP contribution in [0.15, 0.2) is 54.6 Å². The molecule has 1 fully saturated rings. The number of nitrogens with two attached hydrogens (primary N) is 3. The predicted octanol–water partition coefficient (Wildman–Crippen LogP) is -0.421. The SMILES string of the molecule is NCCCCC(NC(=O)CNC(=O)C1CCCN1C(=O)C(Cc1ccc(O)cc1)NC(=O)CN)C(=O)NC(Cc1ccccc1)C(N)=O.O=C(O)C(F)(F)F.O=C(O)C(F)(F)F. The molecule has 25 heteroatoms. The average molecular weight is 895 g/mol. The number of aromatic hydroxyl groups is 1. The molecule has 19 nitrogen and oxygen atoms in total. The van der Waals surface area contributed by atoms with Crippen LogP contribution in [0.4, 0.5) is 26.3 Å². The zero-order valence-electron chi connectivity index (χ0n) is 32.8. The van der Waals surface area contributed by atoms with Crippen LogP contribution in [0.1, 0.15) is 43.2 Å². The maximum atomic E-state index is 13.6. The number of alkyl halides is 6. The number of carboxylic acids is 2. The lowest BCUT2D eigenvalue weighted by atomic mass is 10.0. The summed E-state index contributed by atoms with van der Waals surface area (Å²) >= 11 is 0. The molecule has 1 aliphatic heterocycles. The molecular formula is C37H48F6N8O11. The Balaban J connectivity index is 0.00000117. The smallest absolute Gasteiger partial charge is 0.490 e. The van der Waals surface area contributed by atoms with Crippen molar-refractivity contribution in [1.82, 2.24) is 26.2 Å². The number of benzene rings is 2. The molecule has 1 saturated heterocycles. The summed E-state index contributed by atoms with van der Waals surface area (Å²) in [6.07, 6.45) is -7.66. The highest BCUT2D eigenvalue weighted by molar-refractivity contribution is 5.95. The molecule has 4 atom stereocenters. The van der Waals surface area contributed by atoms with Gasteiger partial charge in [-0.25, -0.2) is 9.59 Å². The second-order valence-corrected chi connectivity index (χ2v) is 13.3. The summed E-state index contributed by atoms with van der Waals surface area (Å²) in [5, 5.41) is 34.3. The van der Waals surface area contributed by atoms with Gasteiger partial charge >= 0.3 is 24.3 Å². The number of carbonyl (C=O) groups excluding carboxylic acids is 6. The number of hydrogen-bond donors (Lipinski definition) is 10. The summed E-state index contributed by atoms with van der Waals surface area (Å²) < 4.78 is 63.5. The van der Waals surface area contributed by atoms with Crippen LogP contribution in [0.2, 0.25) is 0 Å². The third-order valence-corrected chi connectivity index (χ3v) is 8.48. The number of phenolic OH excluding ortho intramolecular Hbond substituents is 1. The van der Waals surface area contributed by atoms with Crippen molar-refractivity contribution in [1.29, 1.82) is 0 Å². The Hall–Kier alpha value is -6.50. The molecule has 3 rings (SSSR count). The maximum absolute atomic E-state index is 13.6. The van der Waals surface area contributed by atoms with E-state index in [1.54, 1.807) is 36.4 Å². The predicted molar refractivity (Wildman–Crippen MR) is 204 cm³/mol. The van der Waals surface area contributed by atoms with E-state index in [0.717, 1.165) is 5.56 Å². The van der Waals surface area contributed by atoms with E-state index in [2.05, 4.69) is 21.3 Å². The highest BCUT2D eigenvalue weighted by Gasteiger charge is 2.40. The van der Waals surface area contributed by atoms with Crippen molar-refractivity contribution >= 4 is 47.4 Å². The first-order valence-corrected chi connectivity index (χ1v) is 18.5. The minimum Gasteiger partial charge on any atom is -0.508 e. The Morgan fingerprint density at radius 3 is 1.74 bits per heavy atom. The number of phenols is 1. The molecule has 344 valence electrons. The number of halogens is 6. The lowest BCUT2D eigenvalue weighted by molar-refractivity contribution is -0.193. The minimum atomic E-state index is -5.08.